The number of anilines is 1. The van der Waals surface area contributed by atoms with Crippen LogP contribution < -0.4 is 9.88 Å². The SMILES string of the molecule is CC[n+]1ccsc1/N=N/c1ccc(NC(CCOCCOCCO)COCCO)cc1C. The van der Waals surface area contributed by atoms with Crippen LogP contribution in [0, 0.1) is 6.92 Å². The zero-order valence-electron chi connectivity index (χ0n) is 18.9. The molecule has 1 heterocycles. The lowest BCUT2D eigenvalue weighted by Gasteiger charge is -2.20. The molecule has 0 bridgehead atoms. The van der Waals surface area contributed by atoms with E-state index in [-0.39, 0.29) is 19.3 Å². The van der Waals surface area contributed by atoms with Crippen molar-refractivity contribution in [2.45, 2.75) is 32.9 Å². The van der Waals surface area contributed by atoms with E-state index in [1.54, 1.807) is 11.3 Å². The van der Waals surface area contributed by atoms with Crippen molar-refractivity contribution in [1.82, 2.24) is 0 Å². The Kier molecular flexibility index (Phi) is 13.0. The molecule has 2 aromatic rings. The summed E-state index contributed by atoms with van der Waals surface area (Å²) in [4.78, 5) is 0. The molecule has 0 aliphatic rings. The monoisotopic (exact) mass is 467 g/mol. The van der Waals surface area contributed by atoms with E-state index in [2.05, 4.69) is 27.0 Å². The van der Waals surface area contributed by atoms with Gasteiger partial charge in [0.15, 0.2) is 0 Å². The van der Waals surface area contributed by atoms with Crippen LogP contribution >= 0.6 is 11.3 Å². The maximum absolute atomic E-state index is 8.98. The average Bonchev–Trinajstić information content (AvgIpc) is 3.25. The fourth-order valence-corrected chi connectivity index (χ4v) is 3.65. The second-order valence-corrected chi connectivity index (χ2v) is 7.92. The van der Waals surface area contributed by atoms with Gasteiger partial charge in [-0.1, -0.05) is 0 Å². The summed E-state index contributed by atoms with van der Waals surface area (Å²) in [6.45, 7) is 7.52. The lowest BCUT2D eigenvalue weighted by atomic mass is 10.1. The maximum Gasteiger partial charge on any atom is 0.408 e. The summed E-state index contributed by atoms with van der Waals surface area (Å²) in [5, 5.41) is 32.8. The van der Waals surface area contributed by atoms with Crippen molar-refractivity contribution in [3.63, 3.8) is 0 Å². The van der Waals surface area contributed by atoms with E-state index < -0.39 is 0 Å². The van der Waals surface area contributed by atoms with E-state index in [4.69, 9.17) is 24.4 Å². The Labute approximate surface area is 193 Å². The van der Waals surface area contributed by atoms with Crippen molar-refractivity contribution in [3.8, 4) is 0 Å². The number of aliphatic hydroxyl groups is 2. The van der Waals surface area contributed by atoms with Gasteiger partial charge in [-0.15, -0.1) is 0 Å². The van der Waals surface area contributed by atoms with Crippen molar-refractivity contribution in [3.05, 3.63) is 35.3 Å². The summed E-state index contributed by atoms with van der Waals surface area (Å²) < 4.78 is 18.4. The highest BCUT2D eigenvalue weighted by atomic mass is 32.1. The number of rotatable bonds is 17. The van der Waals surface area contributed by atoms with Crippen molar-refractivity contribution in [2.75, 3.05) is 58.2 Å². The van der Waals surface area contributed by atoms with Crippen LogP contribution in [0.25, 0.3) is 0 Å². The highest BCUT2D eigenvalue weighted by Crippen LogP contribution is 2.25. The fraction of sp³-hybridized carbons (Fsp3) is 0.591. The highest BCUT2D eigenvalue weighted by Gasteiger charge is 2.12. The van der Waals surface area contributed by atoms with Crippen LogP contribution in [0.1, 0.15) is 18.9 Å². The van der Waals surface area contributed by atoms with Gasteiger partial charge in [-0.2, -0.15) is 0 Å². The number of aryl methyl sites for hydroxylation is 2. The molecule has 0 spiro atoms. The number of aromatic nitrogens is 1. The van der Waals surface area contributed by atoms with Crippen LogP contribution in [-0.2, 0) is 20.8 Å². The molecule has 9 nitrogen and oxygen atoms in total. The second kappa shape index (κ2) is 15.8. The smallest absolute Gasteiger partial charge is 0.394 e. The minimum Gasteiger partial charge on any atom is -0.394 e. The number of thiazole rings is 1. The Balaban J connectivity index is 1.90. The maximum atomic E-state index is 8.98. The molecule has 0 aliphatic carbocycles. The minimum atomic E-state index is -0.00744. The molecular formula is C22H35N4O5S+. The Morgan fingerprint density at radius 2 is 1.78 bits per heavy atom. The predicted molar refractivity (Wildman–Crippen MR) is 124 cm³/mol. The van der Waals surface area contributed by atoms with E-state index in [0.29, 0.717) is 39.6 Å². The van der Waals surface area contributed by atoms with Gasteiger partial charge in [0.05, 0.1) is 63.9 Å². The number of nitrogens with zero attached hydrogens (tertiary/aromatic N) is 3. The summed E-state index contributed by atoms with van der Waals surface area (Å²) in [6.07, 6.45) is 2.74. The van der Waals surface area contributed by atoms with E-state index in [0.717, 1.165) is 35.0 Å². The van der Waals surface area contributed by atoms with Crippen molar-refractivity contribution >= 4 is 27.8 Å². The molecule has 0 radical (unpaired) electrons. The number of nitrogens with one attached hydrogen (secondary N) is 1. The summed E-state index contributed by atoms with van der Waals surface area (Å²) in [7, 11) is 0. The third kappa shape index (κ3) is 9.68. The Morgan fingerprint density at radius 1 is 1.03 bits per heavy atom. The number of hydrogen-bond donors (Lipinski definition) is 3. The molecule has 0 aliphatic heterocycles. The van der Waals surface area contributed by atoms with Gasteiger partial charge < -0.3 is 29.7 Å². The van der Waals surface area contributed by atoms with Gasteiger partial charge in [-0.25, -0.2) is 4.57 Å². The van der Waals surface area contributed by atoms with Crippen LogP contribution in [-0.4, -0.2) is 69.1 Å². The number of hydrogen-bond acceptors (Lipinski definition) is 9. The first-order valence-electron chi connectivity index (χ1n) is 10.9. The zero-order valence-corrected chi connectivity index (χ0v) is 19.7. The fourth-order valence-electron chi connectivity index (χ4n) is 2.91. The third-order valence-corrected chi connectivity index (χ3v) is 5.37. The standard InChI is InChI=1S/C22H34N4O5S/c1-3-26-7-15-32-22(26)25-24-21-5-4-19(16-18(21)2)23-20(17-31-12-9-28)6-10-29-13-14-30-11-8-27/h4-5,7,15-16,20,27-28H,3,6,8-14,17H2,1-2H3/p+1. The number of benzene rings is 1. The molecule has 1 aromatic heterocycles. The Morgan fingerprint density at radius 3 is 2.50 bits per heavy atom. The Hall–Kier alpha value is -1.95. The molecule has 0 amide bonds. The van der Waals surface area contributed by atoms with Crippen molar-refractivity contribution in [2.24, 2.45) is 10.2 Å². The van der Waals surface area contributed by atoms with E-state index in [9.17, 15) is 0 Å². The molecule has 0 fully saturated rings. The third-order valence-electron chi connectivity index (χ3n) is 4.58. The van der Waals surface area contributed by atoms with Gasteiger partial charge in [0.25, 0.3) is 0 Å². The zero-order chi connectivity index (χ0) is 23.0. The van der Waals surface area contributed by atoms with Crippen LogP contribution in [0.3, 0.4) is 0 Å². The van der Waals surface area contributed by atoms with Crippen LogP contribution in [0.4, 0.5) is 16.5 Å². The first-order valence-corrected chi connectivity index (χ1v) is 11.8. The van der Waals surface area contributed by atoms with E-state index >= 15 is 0 Å². The molecular weight excluding hydrogens is 432 g/mol. The topological polar surface area (TPSA) is 109 Å². The van der Waals surface area contributed by atoms with Gasteiger partial charge in [0.1, 0.15) is 11.9 Å². The predicted octanol–water partition coefficient (Wildman–Crippen LogP) is 2.98. The molecule has 1 atom stereocenters. The van der Waals surface area contributed by atoms with Crippen LogP contribution in [0.15, 0.2) is 40.0 Å². The molecule has 1 aromatic carbocycles. The summed E-state index contributed by atoms with van der Waals surface area (Å²) in [5.74, 6) is 0. The molecule has 0 saturated carbocycles. The van der Waals surface area contributed by atoms with Gasteiger partial charge >= 0.3 is 5.13 Å². The number of ether oxygens (including phenoxy) is 3. The first-order chi connectivity index (χ1) is 15.7. The molecule has 0 saturated heterocycles. The van der Waals surface area contributed by atoms with Crippen molar-refractivity contribution in [1.29, 1.82) is 0 Å². The average molecular weight is 468 g/mol. The molecule has 10 heteroatoms. The first kappa shape index (κ1) is 26.3. The van der Waals surface area contributed by atoms with Crippen molar-refractivity contribution < 1.29 is 29.0 Å². The summed E-state index contributed by atoms with van der Waals surface area (Å²) in [5.41, 5.74) is 2.81. The summed E-state index contributed by atoms with van der Waals surface area (Å²) in [6, 6.07) is 6.00. The molecule has 178 valence electrons. The lowest BCUT2D eigenvalue weighted by molar-refractivity contribution is -0.676. The van der Waals surface area contributed by atoms with Crippen LogP contribution in [0.5, 0.6) is 0 Å². The molecule has 3 N–H and O–H groups in total. The van der Waals surface area contributed by atoms with Gasteiger partial charge in [-0.3, -0.25) is 0 Å². The van der Waals surface area contributed by atoms with Gasteiger partial charge in [-0.05, 0) is 60.5 Å². The number of aliphatic hydroxyl groups excluding tert-OH is 2. The minimum absolute atomic E-state index is 0.00744. The van der Waals surface area contributed by atoms with Gasteiger partial charge in [0.2, 0.25) is 0 Å². The molecule has 32 heavy (non-hydrogen) atoms. The number of azo groups is 1. The van der Waals surface area contributed by atoms with Crippen LogP contribution in [0.2, 0.25) is 0 Å². The van der Waals surface area contributed by atoms with Gasteiger partial charge in [0, 0.05) is 17.7 Å². The largest absolute Gasteiger partial charge is 0.408 e. The highest BCUT2D eigenvalue weighted by molar-refractivity contribution is 7.12. The van der Waals surface area contributed by atoms with E-state index in [1.807, 2.05) is 36.7 Å². The van der Waals surface area contributed by atoms with E-state index in [1.165, 1.54) is 0 Å². The normalized spacial score (nSPS) is 12.5. The lowest BCUT2D eigenvalue weighted by Crippen LogP contribution is -2.28. The molecule has 1 unspecified atom stereocenters. The summed E-state index contributed by atoms with van der Waals surface area (Å²) >= 11 is 1.56. The second-order valence-electron chi connectivity index (χ2n) is 7.05. The quantitative estimate of drug-likeness (QED) is 0.187. The molecule has 2 rings (SSSR count). The Bertz CT molecular complexity index is 802.